The Labute approximate surface area is 244 Å². The summed E-state index contributed by atoms with van der Waals surface area (Å²) in [6.07, 6.45) is 10.3. The maximum atomic E-state index is 12.4. The Morgan fingerprint density at radius 2 is 1.83 bits per heavy atom. The highest BCUT2D eigenvalue weighted by Gasteiger charge is 2.81. The molecule has 2 heterocycles. The number of benzene rings is 2. The third-order valence-corrected chi connectivity index (χ3v) is 12.5. The van der Waals surface area contributed by atoms with E-state index in [-0.39, 0.29) is 28.3 Å². The number of hydrogen-bond acceptors (Lipinski definition) is 5. The Bertz CT molecular complexity index is 1410. The molecule has 5 aliphatic carbocycles. The van der Waals surface area contributed by atoms with Gasteiger partial charge in [0.25, 0.3) is 0 Å². The number of rotatable bonds is 7. The molecule has 2 unspecified atom stereocenters. The zero-order valence-electron chi connectivity index (χ0n) is 25.3. The van der Waals surface area contributed by atoms with Crippen molar-refractivity contribution in [3.05, 3.63) is 71.3 Å². The summed E-state index contributed by atoms with van der Waals surface area (Å²) in [7, 11) is 1.83. The van der Waals surface area contributed by atoms with Crippen LogP contribution >= 0.6 is 0 Å². The fourth-order valence-corrected chi connectivity index (χ4v) is 9.78. The van der Waals surface area contributed by atoms with Crippen molar-refractivity contribution in [1.82, 2.24) is 4.90 Å². The van der Waals surface area contributed by atoms with Gasteiger partial charge < -0.3 is 19.3 Å². The summed E-state index contributed by atoms with van der Waals surface area (Å²) in [5.74, 6) is 2.48. The summed E-state index contributed by atoms with van der Waals surface area (Å²) in [4.78, 5) is 2.82. The SMILES string of the molecule is CO[C@]12C=C[C@@]3(C[C@@H]1C(C)(O)C(C)(C)C)[C@H]1Cc4ccc(OCc5ccccc5)c5c4C3(CCN1CC1CC1)[C@H]2O5. The molecule has 0 radical (unpaired) electrons. The van der Waals surface area contributed by atoms with Crippen LogP contribution in [-0.2, 0) is 23.2 Å². The molecule has 7 aliphatic rings. The van der Waals surface area contributed by atoms with Crippen molar-refractivity contribution in [1.29, 1.82) is 0 Å². The van der Waals surface area contributed by atoms with E-state index < -0.39 is 11.2 Å². The molecule has 0 aromatic heterocycles. The van der Waals surface area contributed by atoms with Gasteiger partial charge >= 0.3 is 0 Å². The summed E-state index contributed by atoms with van der Waals surface area (Å²) in [5.41, 5.74) is 1.61. The van der Waals surface area contributed by atoms with Crippen molar-refractivity contribution in [2.24, 2.45) is 22.7 Å². The molecular weight excluding hydrogens is 510 g/mol. The normalized spacial score (nSPS) is 37.9. The third-order valence-electron chi connectivity index (χ3n) is 12.5. The molecular formula is C36H45NO4. The van der Waals surface area contributed by atoms with Crippen LogP contribution in [0.25, 0.3) is 0 Å². The lowest BCUT2D eigenvalue weighted by Crippen LogP contribution is -2.81. The second-order valence-electron chi connectivity index (χ2n) is 15.2. The number of ether oxygens (including phenoxy) is 3. The molecule has 2 saturated carbocycles. The standard InChI is InChI=1S/C36H45NO4/c1-32(2,3)33(4,38)27-20-34-15-16-36(27,39-5)31-35(34)17-18-37(21-23-11-12-23)28(34)19-25-13-14-26(30(41-31)29(25)35)40-22-24-9-7-6-8-10-24/h6-10,13-16,23,27-28,31,38H,11-12,17-22H2,1-5H3/t27-,28-,31-,33?,34-,35?,36-/m1/s1. The molecule has 0 amide bonds. The van der Waals surface area contributed by atoms with Crippen molar-refractivity contribution in [3.8, 4) is 11.5 Å². The first-order valence-corrected chi connectivity index (χ1v) is 15.8. The lowest BCUT2D eigenvalue weighted by molar-refractivity contribution is -0.263. The Hall–Kier alpha value is -2.34. The summed E-state index contributed by atoms with van der Waals surface area (Å²) in [6, 6.07) is 15.2. The van der Waals surface area contributed by atoms with Crippen LogP contribution in [0, 0.1) is 22.7 Å². The van der Waals surface area contributed by atoms with E-state index in [0.29, 0.717) is 12.6 Å². The van der Waals surface area contributed by atoms with Gasteiger partial charge in [0.15, 0.2) is 11.5 Å². The molecule has 41 heavy (non-hydrogen) atoms. The fourth-order valence-electron chi connectivity index (χ4n) is 9.78. The first-order chi connectivity index (χ1) is 19.6. The molecule has 9 rings (SSSR count). The van der Waals surface area contributed by atoms with Crippen molar-refractivity contribution in [3.63, 3.8) is 0 Å². The van der Waals surface area contributed by atoms with Crippen LogP contribution in [0.5, 0.6) is 11.5 Å². The van der Waals surface area contributed by atoms with Crippen LogP contribution in [0.1, 0.15) is 70.1 Å². The van der Waals surface area contributed by atoms with Crippen LogP contribution in [0.4, 0.5) is 0 Å². The minimum atomic E-state index is -0.955. The summed E-state index contributed by atoms with van der Waals surface area (Å²) in [6.45, 7) is 11.3. The monoisotopic (exact) mass is 555 g/mol. The molecule has 2 aromatic carbocycles. The highest BCUT2D eigenvalue weighted by atomic mass is 16.6. The number of nitrogens with zero attached hydrogens (tertiary/aromatic N) is 1. The van der Waals surface area contributed by atoms with Crippen LogP contribution < -0.4 is 9.47 Å². The second kappa shape index (κ2) is 8.39. The maximum Gasteiger partial charge on any atom is 0.166 e. The van der Waals surface area contributed by atoms with Gasteiger partial charge in [0.2, 0.25) is 0 Å². The van der Waals surface area contributed by atoms with Gasteiger partial charge in [-0.25, -0.2) is 0 Å². The lowest BCUT2D eigenvalue weighted by atomic mass is 9.35. The van der Waals surface area contributed by atoms with E-state index in [9.17, 15) is 5.11 Å². The van der Waals surface area contributed by atoms with Gasteiger partial charge in [-0.3, -0.25) is 4.90 Å². The minimum Gasteiger partial charge on any atom is -0.485 e. The van der Waals surface area contributed by atoms with E-state index in [1.54, 1.807) is 0 Å². The Morgan fingerprint density at radius 3 is 2.54 bits per heavy atom. The molecule has 2 aromatic rings. The predicted octanol–water partition coefficient (Wildman–Crippen LogP) is 6.06. The van der Waals surface area contributed by atoms with E-state index in [2.05, 4.69) is 74.2 Å². The van der Waals surface area contributed by atoms with Crippen LogP contribution in [0.3, 0.4) is 0 Å². The Balaban J connectivity index is 1.30. The number of aliphatic hydroxyl groups is 1. The van der Waals surface area contributed by atoms with E-state index in [4.69, 9.17) is 14.2 Å². The molecule has 3 fully saturated rings. The summed E-state index contributed by atoms with van der Waals surface area (Å²) < 4.78 is 20.4. The number of methoxy groups -OCH3 is 1. The zero-order valence-corrected chi connectivity index (χ0v) is 25.3. The van der Waals surface area contributed by atoms with Crippen molar-refractivity contribution in [2.45, 2.75) is 95.2 Å². The molecule has 5 nitrogen and oxygen atoms in total. The van der Waals surface area contributed by atoms with Crippen molar-refractivity contribution < 1.29 is 19.3 Å². The Morgan fingerprint density at radius 1 is 1.05 bits per heavy atom. The summed E-state index contributed by atoms with van der Waals surface area (Å²) >= 11 is 0. The minimum absolute atomic E-state index is 0.101. The lowest BCUT2D eigenvalue weighted by Gasteiger charge is -2.73. The Kier molecular flexibility index (Phi) is 5.38. The van der Waals surface area contributed by atoms with Crippen LogP contribution in [0.15, 0.2) is 54.6 Å². The smallest absolute Gasteiger partial charge is 0.166 e. The van der Waals surface area contributed by atoms with E-state index >= 15 is 0 Å². The number of piperidine rings is 1. The second-order valence-corrected chi connectivity index (χ2v) is 15.2. The van der Waals surface area contributed by atoms with Crippen molar-refractivity contribution in [2.75, 3.05) is 20.2 Å². The van der Waals surface area contributed by atoms with Gasteiger partial charge in [-0.05, 0) is 74.1 Å². The quantitative estimate of drug-likeness (QED) is 0.421. The molecule has 2 spiro atoms. The molecule has 2 aliphatic heterocycles. The first kappa shape index (κ1) is 26.3. The average molecular weight is 556 g/mol. The summed E-state index contributed by atoms with van der Waals surface area (Å²) in [5, 5.41) is 12.4. The molecule has 218 valence electrons. The highest BCUT2D eigenvalue weighted by Crippen LogP contribution is 2.76. The highest BCUT2D eigenvalue weighted by molar-refractivity contribution is 5.65. The number of hydrogen-bond donors (Lipinski definition) is 1. The largest absolute Gasteiger partial charge is 0.485 e. The first-order valence-electron chi connectivity index (χ1n) is 15.8. The fraction of sp³-hybridized carbons (Fsp3) is 0.611. The van der Waals surface area contributed by atoms with E-state index in [0.717, 1.165) is 48.8 Å². The molecule has 4 bridgehead atoms. The van der Waals surface area contributed by atoms with Crippen LogP contribution in [-0.4, -0.2) is 53.6 Å². The van der Waals surface area contributed by atoms with Gasteiger partial charge in [0.05, 0.1) is 11.0 Å². The molecule has 7 atom stereocenters. The number of fused-ring (bicyclic) bond motifs is 1. The van der Waals surface area contributed by atoms with Gasteiger partial charge in [-0.1, -0.05) is 69.3 Å². The van der Waals surface area contributed by atoms with Gasteiger partial charge in [-0.2, -0.15) is 0 Å². The van der Waals surface area contributed by atoms with E-state index in [1.165, 1.54) is 30.5 Å². The maximum absolute atomic E-state index is 12.4. The van der Waals surface area contributed by atoms with Crippen molar-refractivity contribution >= 4 is 0 Å². The molecule has 5 heteroatoms. The molecule has 1 saturated heterocycles. The molecule has 1 N–H and O–H groups in total. The van der Waals surface area contributed by atoms with Gasteiger partial charge in [0, 0.05) is 36.6 Å². The van der Waals surface area contributed by atoms with Gasteiger partial charge in [0.1, 0.15) is 18.3 Å². The topological polar surface area (TPSA) is 51.2 Å². The predicted molar refractivity (Wildman–Crippen MR) is 159 cm³/mol. The van der Waals surface area contributed by atoms with Crippen LogP contribution in [0.2, 0.25) is 0 Å². The van der Waals surface area contributed by atoms with E-state index in [1.807, 2.05) is 20.1 Å². The average Bonchev–Trinajstić information content (AvgIpc) is 3.70. The third kappa shape index (κ3) is 3.24. The van der Waals surface area contributed by atoms with Gasteiger partial charge in [-0.15, -0.1) is 0 Å². The zero-order chi connectivity index (χ0) is 28.4. The number of likely N-dealkylation sites (tertiary alicyclic amines) is 1.